The van der Waals surface area contributed by atoms with Crippen LogP contribution in [0.25, 0.3) is 0 Å². The monoisotopic (exact) mass is 246 g/mol. The topological polar surface area (TPSA) is 25.8 Å². The van der Waals surface area contributed by atoms with Gasteiger partial charge in [-0.15, -0.1) is 0 Å². The molecule has 2 bridgehead atoms. The molecule has 2 saturated carbocycles. The van der Waals surface area contributed by atoms with Gasteiger partial charge >= 0.3 is 0 Å². The van der Waals surface area contributed by atoms with Gasteiger partial charge in [-0.25, -0.2) is 0 Å². The minimum Gasteiger partial charge on any atom is -0.497 e. The van der Waals surface area contributed by atoms with Crippen molar-refractivity contribution >= 4 is 0 Å². The molecule has 0 radical (unpaired) electrons. The average Bonchev–Trinajstić information content (AvgIpc) is 3.02. The lowest BCUT2D eigenvalue weighted by Gasteiger charge is -2.19. The van der Waals surface area contributed by atoms with Crippen LogP contribution in [0.3, 0.4) is 0 Å². The van der Waals surface area contributed by atoms with Crippen molar-refractivity contribution in [3.05, 3.63) is 29.8 Å². The summed E-state index contributed by atoms with van der Waals surface area (Å²) in [6, 6.07) is 9.43. The fraction of sp³-hybridized carbons (Fsp3) is 0.625. The highest BCUT2D eigenvalue weighted by Gasteiger charge is 2.41. The summed E-state index contributed by atoms with van der Waals surface area (Å²) in [5, 5.41) is 2.61. The quantitative estimate of drug-likeness (QED) is 0.845. The molecule has 0 unspecified atom stereocenters. The van der Waals surface area contributed by atoms with E-state index in [9.17, 15) is 0 Å². The molecule has 2 heteroatoms. The van der Waals surface area contributed by atoms with Gasteiger partial charge in [-0.2, -0.15) is 0 Å². The van der Waals surface area contributed by atoms with Gasteiger partial charge in [0.15, 0.2) is 0 Å². The molecule has 1 aromatic carbocycles. The summed E-state index contributed by atoms with van der Waals surface area (Å²) >= 11 is 0. The third kappa shape index (κ3) is 2.54. The first-order chi connectivity index (χ1) is 8.85. The van der Waals surface area contributed by atoms with Crippen LogP contribution in [0.15, 0.2) is 24.3 Å². The Labute approximate surface area is 110 Å². The van der Waals surface area contributed by atoms with E-state index >= 15 is 0 Å². The Hall–Kier alpha value is -1.02. The predicted octanol–water partition coefficient (Wildman–Crippen LogP) is 1.99. The van der Waals surface area contributed by atoms with E-state index in [1.165, 1.54) is 44.2 Å². The summed E-state index contributed by atoms with van der Waals surface area (Å²) in [6.45, 7) is 1.24. The Kier molecular flexibility index (Phi) is 3.55. The van der Waals surface area contributed by atoms with Crippen molar-refractivity contribution < 1.29 is 10.1 Å². The highest BCUT2D eigenvalue weighted by molar-refractivity contribution is 5.27. The number of fused-ring (bicyclic) bond motifs is 2. The molecule has 18 heavy (non-hydrogen) atoms. The van der Waals surface area contributed by atoms with Crippen molar-refractivity contribution in [1.29, 1.82) is 0 Å². The number of rotatable bonds is 5. The lowest BCUT2D eigenvalue weighted by Crippen LogP contribution is -2.91. The van der Waals surface area contributed by atoms with E-state index in [-0.39, 0.29) is 0 Å². The number of nitrogens with two attached hydrogens (primary N) is 1. The molecule has 2 nitrogen and oxygen atoms in total. The Morgan fingerprint density at radius 1 is 1.17 bits per heavy atom. The van der Waals surface area contributed by atoms with Crippen molar-refractivity contribution in [3.63, 3.8) is 0 Å². The van der Waals surface area contributed by atoms with E-state index in [4.69, 9.17) is 4.74 Å². The fourth-order valence-electron chi connectivity index (χ4n) is 3.84. The van der Waals surface area contributed by atoms with E-state index in [1.54, 1.807) is 7.11 Å². The molecule has 98 valence electrons. The number of hydrogen-bond donors (Lipinski definition) is 1. The lowest BCUT2D eigenvalue weighted by molar-refractivity contribution is -0.694. The SMILES string of the molecule is COc1ccc(CC[NH2+][C@H]2C[C@H]3CC[C@@H]2C3)cc1. The number of ether oxygens (including phenoxy) is 1. The van der Waals surface area contributed by atoms with Crippen molar-refractivity contribution in [1.82, 2.24) is 0 Å². The molecule has 0 heterocycles. The van der Waals surface area contributed by atoms with Crippen LogP contribution in [0.4, 0.5) is 0 Å². The molecule has 0 amide bonds. The molecular weight excluding hydrogens is 222 g/mol. The Balaban J connectivity index is 1.44. The standard InChI is InChI=1S/C16H23NO/c1-18-15-6-3-12(4-7-15)8-9-17-16-11-13-2-5-14(16)10-13/h3-4,6-7,13-14,16-17H,2,5,8-11H2,1H3/p+1/t13-,14+,16-/m0/s1. The molecule has 2 aliphatic rings. The summed E-state index contributed by atoms with van der Waals surface area (Å²) in [5.74, 6) is 3.05. The van der Waals surface area contributed by atoms with Gasteiger partial charge in [0, 0.05) is 18.8 Å². The van der Waals surface area contributed by atoms with Crippen molar-refractivity contribution in [2.45, 2.75) is 38.1 Å². The van der Waals surface area contributed by atoms with Crippen LogP contribution in [0.1, 0.15) is 31.2 Å². The van der Waals surface area contributed by atoms with Crippen LogP contribution < -0.4 is 10.1 Å². The zero-order chi connectivity index (χ0) is 12.4. The summed E-state index contributed by atoms with van der Waals surface area (Å²) in [4.78, 5) is 0. The summed E-state index contributed by atoms with van der Waals surface area (Å²) in [6.07, 6.45) is 7.18. The van der Waals surface area contributed by atoms with Crippen LogP contribution in [0.5, 0.6) is 5.75 Å². The van der Waals surface area contributed by atoms with Crippen LogP contribution >= 0.6 is 0 Å². The molecule has 0 saturated heterocycles. The number of benzene rings is 1. The minimum absolute atomic E-state index is 0.932. The van der Waals surface area contributed by atoms with Gasteiger partial charge in [0.1, 0.15) is 5.75 Å². The van der Waals surface area contributed by atoms with E-state index in [1.807, 2.05) is 0 Å². The number of methoxy groups -OCH3 is 1. The maximum absolute atomic E-state index is 5.18. The molecule has 3 rings (SSSR count). The Bertz CT molecular complexity index is 387. The zero-order valence-corrected chi connectivity index (χ0v) is 11.3. The molecular formula is C16H24NO+. The molecule has 0 aliphatic heterocycles. The summed E-state index contributed by atoms with van der Waals surface area (Å²) < 4.78 is 5.18. The first-order valence-electron chi connectivity index (χ1n) is 7.31. The van der Waals surface area contributed by atoms with Crippen LogP contribution in [-0.2, 0) is 6.42 Å². The second kappa shape index (κ2) is 5.31. The van der Waals surface area contributed by atoms with Crippen LogP contribution in [0, 0.1) is 11.8 Å². The van der Waals surface area contributed by atoms with Gasteiger partial charge in [0.2, 0.25) is 0 Å². The number of quaternary nitrogens is 1. The van der Waals surface area contributed by atoms with Gasteiger partial charge < -0.3 is 10.1 Å². The summed E-state index contributed by atoms with van der Waals surface area (Å²) in [7, 11) is 1.72. The maximum atomic E-state index is 5.18. The van der Waals surface area contributed by atoms with Gasteiger partial charge in [-0.3, -0.25) is 0 Å². The Morgan fingerprint density at radius 2 is 2.00 bits per heavy atom. The number of hydrogen-bond acceptors (Lipinski definition) is 1. The van der Waals surface area contributed by atoms with E-state index in [0.717, 1.165) is 23.6 Å². The highest BCUT2D eigenvalue weighted by Crippen LogP contribution is 2.42. The lowest BCUT2D eigenvalue weighted by atomic mass is 9.95. The highest BCUT2D eigenvalue weighted by atomic mass is 16.5. The van der Waals surface area contributed by atoms with Crippen molar-refractivity contribution in [2.75, 3.05) is 13.7 Å². The first kappa shape index (κ1) is 12.0. The molecule has 3 atom stereocenters. The van der Waals surface area contributed by atoms with Crippen LogP contribution in [-0.4, -0.2) is 19.7 Å². The Morgan fingerprint density at radius 3 is 2.61 bits per heavy atom. The average molecular weight is 246 g/mol. The van der Waals surface area contributed by atoms with Crippen molar-refractivity contribution in [2.24, 2.45) is 11.8 Å². The maximum Gasteiger partial charge on any atom is 0.118 e. The van der Waals surface area contributed by atoms with Gasteiger partial charge in [-0.05, 0) is 42.9 Å². The van der Waals surface area contributed by atoms with E-state index < -0.39 is 0 Å². The largest absolute Gasteiger partial charge is 0.497 e. The third-order valence-corrected chi connectivity index (χ3v) is 4.85. The van der Waals surface area contributed by atoms with Crippen molar-refractivity contribution in [3.8, 4) is 5.75 Å². The third-order valence-electron chi connectivity index (χ3n) is 4.85. The second-order valence-corrected chi connectivity index (χ2v) is 5.96. The second-order valence-electron chi connectivity index (χ2n) is 5.96. The minimum atomic E-state index is 0.932. The molecule has 0 aromatic heterocycles. The molecule has 1 aromatic rings. The van der Waals surface area contributed by atoms with E-state index in [2.05, 4.69) is 29.6 Å². The molecule has 0 spiro atoms. The summed E-state index contributed by atoms with van der Waals surface area (Å²) in [5.41, 5.74) is 1.43. The predicted molar refractivity (Wildman–Crippen MR) is 72.7 cm³/mol. The fourth-order valence-corrected chi connectivity index (χ4v) is 3.84. The molecule has 2 fully saturated rings. The van der Waals surface area contributed by atoms with Gasteiger partial charge in [-0.1, -0.05) is 12.1 Å². The van der Waals surface area contributed by atoms with Gasteiger partial charge in [0.05, 0.1) is 19.7 Å². The normalized spacial score (nSPS) is 29.7. The van der Waals surface area contributed by atoms with Crippen LogP contribution in [0.2, 0.25) is 0 Å². The zero-order valence-electron chi connectivity index (χ0n) is 11.3. The van der Waals surface area contributed by atoms with Gasteiger partial charge in [0.25, 0.3) is 0 Å². The smallest absolute Gasteiger partial charge is 0.118 e. The molecule has 2 aliphatic carbocycles. The first-order valence-corrected chi connectivity index (χ1v) is 7.31. The van der Waals surface area contributed by atoms with E-state index in [0.29, 0.717) is 0 Å². The molecule has 2 N–H and O–H groups in total.